The number of rotatable bonds is 4. The molecule has 4 heteroatoms. The summed E-state index contributed by atoms with van der Waals surface area (Å²) >= 11 is 0. The molecule has 0 aromatic rings. The van der Waals surface area contributed by atoms with Crippen molar-refractivity contribution in [3.8, 4) is 0 Å². The Balaban J connectivity index is 3.88. The molecule has 0 rings (SSSR count). The van der Waals surface area contributed by atoms with E-state index < -0.39 is 12.1 Å². The summed E-state index contributed by atoms with van der Waals surface area (Å²) < 4.78 is 36.1. The predicted molar refractivity (Wildman–Crippen MR) is 38.1 cm³/mol. The van der Waals surface area contributed by atoms with Crippen molar-refractivity contribution in [1.82, 2.24) is 0 Å². The Kier molecular flexibility index (Phi) is 4.49. The van der Waals surface area contributed by atoms with E-state index in [2.05, 4.69) is 0 Å². The van der Waals surface area contributed by atoms with Crippen molar-refractivity contribution in [3.63, 3.8) is 0 Å². The summed E-state index contributed by atoms with van der Waals surface area (Å²) in [6.07, 6.45) is -3.25. The fraction of sp³-hybridized carbons (Fsp3) is 1.00. The van der Waals surface area contributed by atoms with Crippen molar-refractivity contribution in [2.24, 2.45) is 11.7 Å². The summed E-state index contributed by atoms with van der Waals surface area (Å²) in [6, 6.07) is 0. The highest BCUT2D eigenvalue weighted by atomic mass is 19.4. The van der Waals surface area contributed by atoms with Crippen LogP contribution >= 0.6 is 0 Å². The Morgan fingerprint density at radius 2 is 1.82 bits per heavy atom. The number of hydrogen-bond acceptors (Lipinski definition) is 1. The van der Waals surface area contributed by atoms with E-state index in [0.29, 0.717) is 6.42 Å². The van der Waals surface area contributed by atoms with Crippen LogP contribution in [0.5, 0.6) is 0 Å². The van der Waals surface area contributed by atoms with E-state index in [4.69, 9.17) is 5.73 Å². The topological polar surface area (TPSA) is 26.0 Å². The van der Waals surface area contributed by atoms with Gasteiger partial charge in [-0.3, -0.25) is 0 Å². The third-order valence-corrected chi connectivity index (χ3v) is 1.62. The Morgan fingerprint density at radius 3 is 2.09 bits per heavy atom. The van der Waals surface area contributed by atoms with E-state index in [1.807, 2.05) is 0 Å². The first-order valence-electron chi connectivity index (χ1n) is 3.79. The van der Waals surface area contributed by atoms with Gasteiger partial charge in [-0.15, -0.1) is 0 Å². The molecule has 0 amide bonds. The van der Waals surface area contributed by atoms with Crippen LogP contribution in [0.3, 0.4) is 0 Å². The summed E-state index contributed by atoms with van der Waals surface area (Å²) in [4.78, 5) is 0. The van der Waals surface area contributed by atoms with Crippen LogP contribution in [0.2, 0.25) is 0 Å². The average Bonchev–Trinajstić information content (AvgIpc) is 1.85. The van der Waals surface area contributed by atoms with Crippen LogP contribution < -0.4 is 5.73 Å². The van der Waals surface area contributed by atoms with Gasteiger partial charge in [-0.25, -0.2) is 0 Å². The smallest absolute Gasteiger partial charge is 0.330 e. The van der Waals surface area contributed by atoms with Crippen molar-refractivity contribution in [3.05, 3.63) is 0 Å². The predicted octanol–water partition coefficient (Wildman–Crippen LogP) is 2.31. The average molecular weight is 169 g/mol. The van der Waals surface area contributed by atoms with Gasteiger partial charge in [0, 0.05) is 0 Å². The fourth-order valence-corrected chi connectivity index (χ4v) is 1.02. The first-order valence-corrected chi connectivity index (χ1v) is 3.79. The lowest BCUT2D eigenvalue weighted by Gasteiger charge is -2.18. The van der Waals surface area contributed by atoms with Crippen LogP contribution in [0.4, 0.5) is 13.2 Å². The molecule has 1 unspecified atom stereocenters. The van der Waals surface area contributed by atoms with Gasteiger partial charge in [-0.1, -0.05) is 13.3 Å². The summed E-state index contributed by atoms with van der Waals surface area (Å²) in [7, 11) is 0. The minimum atomic E-state index is -4.06. The molecule has 0 bridgehead atoms. The molecule has 0 heterocycles. The van der Waals surface area contributed by atoms with Crippen LogP contribution in [0.15, 0.2) is 0 Å². The Bertz CT molecular complexity index is 94.3. The van der Waals surface area contributed by atoms with Crippen molar-refractivity contribution in [2.45, 2.75) is 32.4 Å². The van der Waals surface area contributed by atoms with Gasteiger partial charge in [0.25, 0.3) is 0 Å². The second-order valence-corrected chi connectivity index (χ2v) is 2.60. The Hall–Kier alpha value is -0.250. The Morgan fingerprint density at radius 1 is 1.27 bits per heavy atom. The second-order valence-electron chi connectivity index (χ2n) is 2.60. The van der Waals surface area contributed by atoms with Crippen LogP contribution in [0.1, 0.15) is 26.2 Å². The quantitative estimate of drug-likeness (QED) is 0.686. The molecule has 68 valence electrons. The van der Waals surface area contributed by atoms with Gasteiger partial charge in [-0.05, 0) is 19.4 Å². The molecule has 0 aromatic carbocycles. The highest BCUT2D eigenvalue weighted by Crippen LogP contribution is 2.31. The number of nitrogens with two attached hydrogens (primary N) is 1. The van der Waals surface area contributed by atoms with Gasteiger partial charge >= 0.3 is 6.18 Å². The summed E-state index contributed by atoms with van der Waals surface area (Å²) in [5, 5.41) is 0. The van der Waals surface area contributed by atoms with E-state index in [9.17, 15) is 13.2 Å². The summed E-state index contributed by atoms with van der Waals surface area (Å²) in [6.45, 7) is 1.86. The molecule has 1 atom stereocenters. The van der Waals surface area contributed by atoms with Crippen LogP contribution in [0.25, 0.3) is 0 Å². The third-order valence-electron chi connectivity index (χ3n) is 1.62. The zero-order chi connectivity index (χ0) is 8.91. The monoisotopic (exact) mass is 169 g/mol. The van der Waals surface area contributed by atoms with Gasteiger partial charge in [0.1, 0.15) is 0 Å². The van der Waals surface area contributed by atoms with Gasteiger partial charge in [0.15, 0.2) is 0 Å². The molecule has 0 saturated carbocycles. The second kappa shape index (κ2) is 4.59. The zero-order valence-electron chi connectivity index (χ0n) is 6.62. The number of halogens is 3. The lowest BCUT2D eigenvalue weighted by atomic mass is 9.99. The third kappa shape index (κ3) is 4.24. The molecule has 0 aliphatic heterocycles. The molecule has 0 aliphatic carbocycles. The van der Waals surface area contributed by atoms with E-state index in [1.165, 1.54) is 0 Å². The SMILES string of the molecule is CCCC(CCN)C(F)(F)F. The first-order chi connectivity index (χ1) is 5.02. The first kappa shape index (κ1) is 10.8. The number of hydrogen-bond donors (Lipinski definition) is 1. The van der Waals surface area contributed by atoms with Crippen LogP contribution in [-0.4, -0.2) is 12.7 Å². The van der Waals surface area contributed by atoms with E-state index in [-0.39, 0.29) is 19.4 Å². The largest absolute Gasteiger partial charge is 0.391 e. The summed E-state index contributed by atoms with van der Waals surface area (Å²) in [5.74, 6) is -1.20. The van der Waals surface area contributed by atoms with Crippen molar-refractivity contribution in [1.29, 1.82) is 0 Å². The van der Waals surface area contributed by atoms with E-state index in [0.717, 1.165) is 0 Å². The molecular weight excluding hydrogens is 155 g/mol. The zero-order valence-corrected chi connectivity index (χ0v) is 6.62. The van der Waals surface area contributed by atoms with Crippen LogP contribution in [-0.2, 0) is 0 Å². The highest BCUT2D eigenvalue weighted by molar-refractivity contribution is 4.67. The van der Waals surface area contributed by atoms with Crippen LogP contribution in [0, 0.1) is 5.92 Å². The molecule has 0 radical (unpaired) electrons. The van der Waals surface area contributed by atoms with Gasteiger partial charge in [0.2, 0.25) is 0 Å². The molecule has 0 spiro atoms. The molecule has 0 aliphatic rings. The van der Waals surface area contributed by atoms with Gasteiger partial charge < -0.3 is 5.73 Å². The minimum Gasteiger partial charge on any atom is -0.330 e. The molecule has 1 nitrogen and oxygen atoms in total. The fourth-order valence-electron chi connectivity index (χ4n) is 1.02. The standard InChI is InChI=1S/C7H14F3N/c1-2-3-6(4-5-11)7(8,9)10/h6H,2-5,11H2,1H3. The molecule has 11 heavy (non-hydrogen) atoms. The minimum absolute atomic E-state index is 0.0529. The Labute approximate surface area is 64.8 Å². The van der Waals surface area contributed by atoms with Gasteiger partial charge in [-0.2, -0.15) is 13.2 Å². The molecular formula is C7H14F3N. The van der Waals surface area contributed by atoms with Crippen molar-refractivity contribution in [2.75, 3.05) is 6.54 Å². The van der Waals surface area contributed by atoms with Crippen molar-refractivity contribution < 1.29 is 13.2 Å². The molecule has 0 aromatic heterocycles. The lowest BCUT2D eigenvalue weighted by Crippen LogP contribution is -2.25. The van der Waals surface area contributed by atoms with E-state index in [1.54, 1.807) is 6.92 Å². The van der Waals surface area contributed by atoms with Gasteiger partial charge in [0.05, 0.1) is 5.92 Å². The molecule has 2 N–H and O–H groups in total. The highest BCUT2D eigenvalue weighted by Gasteiger charge is 2.37. The lowest BCUT2D eigenvalue weighted by molar-refractivity contribution is -0.177. The molecule has 0 fully saturated rings. The maximum absolute atomic E-state index is 12.0. The van der Waals surface area contributed by atoms with E-state index >= 15 is 0 Å². The molecule has 0 saturated heterocycles. The maximum Gasteiger partial charge on any atom is 0.391 e. The van der Waals surface area contributed by atoms with Crippen molar-refractivity contribution >= 4 is 0 Å². The summed E-state index contributed by atoms with van der Waals surface area (Å²) in [5.41, 5.74) is 5.06. The normalized spacial score (nSPS) is 15.0. The number of alkyl halides is 3. The maximum atomic E-state index is 12.0.